The summed E-state index contributed by atoms with van der Waals surface area (Å²) in [6.45, 7) is 5.62. The van der Waals surface area contributed by atoms with Crippen molar-refractivity contribution in [2.45, 2.75) is 39.3 Å². The molecular weight excluding hydrogens is 360 g/mol. The van der Waals surface area contributed by atoms with E-state index in [4.69, 9.17) is 9.15 Å². The number of nitrogens with one attached hydrogen (secondary N) is 2. The van der Waals surface area contributed by atoms with E-state index in [0.29, 0.717) is 17.7 Å². The maximum Gasteiger partial charge on any atom is 0.328 e. The lowest BCUT2D eigenvalue weighted by Crippen LogP contribution is -2.48. The molecule has 0 aliphatic carbocycles. The van der Waals surface area contributed by atoms with E-state index in [0.717, 1.165) is 0 Å². The molecule has 2 atom stereocenters. The topological polar surface area (TPSA) is 97.6 Å². The van der Waals surface area contributed by atoms with Crippen LogP contribution in [-0.2, 0) is 14.3 Å². The van der Waals surface area contributed by atoms with Crippen molar-refractivity contribution < 1.29 is 23.5 Å². The number of amides is 2. The van der Waals surface area contributed by atoms with Gasteiger partial charge in [-0.15, -0.1) is 0 Å². The standard InChI is InChI=1S/C21H26N2O5/c1-13(2)12-16(21(26)27-4)22-20(25)18(17-11-10-14(3)28-17)23-19(24)15-8-6-5-7-9-15/h5-11,13,16,18H,12H2,1-4H3,(H,22,25)(H,23,24)/t16-,18?/m0/s1. The molecule has 1 heterocycles. The predicted molar refractivity (Wildman–Crippen MR) is 103 cm³/mol. The molecule has 0 aliphatic heterocycles. The molecule has 0 fully saturated rings. The molecule has 2 N–H and O–H groups in total. The van der Waals surface area contributed by atoms with E-state index >= 15 is 0 Å². The van der Waals surface area contributed by atoms with E-state index in [2.05, 4.69) is 10.6 Å². The van der Waals surface area contributed by atoms with Gasteiger partial charge in [0.05, 0.1) is 7.11 Å². The van der Waals surface area contributed by atoms with Crippen LogP contribution in [-0.4, -0.2) is 30.9 Å². The molecule has 1 aromatic carbocycles. The lowest BCUT2D eigenvalue weighted by atomic mass is 10.0. The summed E-state index contributed by atoms with van der Waals surface area (Å²) >= 11 is 0. The maximum atomic E-state index is 12.9. The fraction of sp³-hybridized carbons (Fsp3) is 0.381. The van der Waals surface area contributed by atoms with E-state index in [1.54, 1.807) is 49.4 Å². The van der Waals surface area contributed by atoms with Gasteiger partial charge in [-0.2, -0.15) is 0 Å². The van der Waals surface area contributed by atoms with Crippen LogP contribution < -0.4 is 10.6 Å². The minimum atomic E-state index is -1.08. The third-order valence-electron chi connectivity index (χ3n) is 4.13. The number of ether oxygens (including phenoxy) is 1. The Kier molecular flexibility index (Phi) is 7.37. The van der Waals surface area contributed by atoms with Crippen molar-refractivity contribution in [3.63, 3.8) is 0 Å². The molecule has 0 aliphatic rings. The minimum Gasteiger partial charge on any atom is -0.467 e. The van der Waals surface area contributed by atoms with Gasteiger partial charge in [0.25, 0.3) is 11.8 Å². The van der Waals surface area contributed by atoms with Gasteiger partial charge in [-0.25, -0.2) is 4.79 Å². The Bertz CT molecular complexity index is 813. The Balaban J connectivity index is 2.24. The number of aryl methyl sites for hydroxylation is 1. The highest BCUT2D eigenvalue weighted by atomic mass is 16.5. The predicted octanol–water partition coefficient (Wildman–Crippen LogP) is 2.76. The van der Waals surface area contributed by atoms with Crippen LogP contribution in [0.3, 0.4) is 0 Å². The lowest BCUT2D eigenvalue weighted by Gasteiger charge is -2.22. The Hall–Kier alpha value is -3.09. The molecule has 1 aromatic heterocycles. The molecule has 0 radical (unpaired) electrons. The molecule has 0 bridgehead atoms. The van der Waals surface area contributed by atoms with E-state index in [-0.39, 0.29) is 11.7 Å². The number of hydrogen-bond acceptors (Lipinski definition) is 5. The smallest absolute Gasteiger partial charge is 0.328 e. The molecule has 7 heteroatoms. The van der Waals surface area contributed by atoms with Crippen LogP contribution in [0.4, 0.5) is 0 Å². The number of furan rings is 1. The second-order valence-electron chi connectivity index (χ2n) is 6.93. The van der Waals surface area contributed by atoms with Crippen LogP contribution in [0, 0.1) is 12.8 Å². The summed E-state index contributed by atoms with van der Waals surface area (Å²) in [5.41, 5.74) is 0.412. The third-order valence-corrected chi connectivity index (χ3v) is 4.13. The summed E-state index contributed by atoms with van der Waals surface area (Å²) in [4.78, 5) is 37.5. The van der Waals surface area contributed by atoms with E-state index in [1.807, 2.05) is 13.8 Å². The first-order valence-corrected chi connectivity index (χ1v) is 9.12. The van der Waals surface area contributed by atoms with Crippen molar-refractivity contribution in [2.75, 3.05) is 7.11 Å². The number of carbonyl (C=O) groups excluding carboxylic acids is 3. The molecule has 2 rings (SSSR count). The van der Waals surface area contributed by atoms with Crippen LogP contribution in [0.15, 0.2) is 46.9 Å². The lowest BCUT2D eigenvalue weighted by molar-refractivity contribution is -0.145. The number of rotatable bonds is 8. The summed E-state index contributed by atoms with van der Waals surface area (Å²) in [5, 5.41) is 5.36. The Morgan fingerprint density at radius 2 is 1.71 bits per heavy atom. The van der Waals surface area contributed by atoms with E-state index < -0.39 is 29.9 Å². The SMILES string of the molecule is COC(=O)[C@H](CC(C)C)NC(=O)C(NC(=O)c1ccccc1)c1ccc(C)o1. The zero-order valence-electron chi connectivity index (χ0n) is 16.5. The van der Waals surface area contributed by atoms with Crippen molar-refractivity contribution in [1.82, 2.24) is 10.6 Å². The summed E-state index contributed by atoms with van der Waals surface area (Å²) in [6.07, 6.45) is 0.412. The molecule has 0 saturated carbocycles. The summed E-state index contributed by atoms with van der Waals surface area (Å²) < 4.78 is 10.4. The molecular formula is C21H26N2O5. The largest absolute Gasteiger partial charge is 0.467 e. The molecule has 150 valence electrons. The molecule has 2 aromatic rings. The quantitative estimate of drug-likeness (QED) is 0.680. The maximum absolute atomic E-state index is 12.9. The third kappa shape index (κ3) is 5.70. The molecule has 0 saturated heterocycles. The Morgan fingerprint density at radius 3 is 2.25 bits per heavy atom. The first kappa shape index (κ1) is 21.2. The van der Waals surface area contributed by atoms with Crippen LogP contribution in [0.2, 0.25) is 0 Å². The summed E-state index contributed by atoms with van der Waals surface area (Å²) in [7, 11) is 1.27. The van der Waals surface area contributed by atoms with E-state index in [9.17, 15) is 14.4 Å². The molecule has 7 nitrogen and oxygen atoms in total. The molecule has 28 heavy (non-hydrogen) atoms. The van der Waals surface area contributed by atoms with Crippen molar-refractivity contribution in [2.24, 2.45) is 5.92 Å². The number of benzene rings is 1. The number of esters is 1. The van der Waals surface area contributed by atoms with Gasteiger partial charge in [-0.3, -0.25) is 9.59 Å². The highest BCUT2D eigenvalue weighted by Gasteiger charge is 2.31. The van der Waals surface area contributed by atoms with Gasteiger partial charge >= 0.3 is 5.97 Å². The van der Waals surface area contributed by atoms with E-state index in [1.165, 1.54) is 7.11 Å². The van der Waals surface area contributed by atoms with Crippen LogP contribution >= 0.6 is 0 Å². The number of hydrogen-bond donors (Lipinski definition) is 2. The molecule has 2 amide bonds. The summed E-state index contributed by atoms with van der Waals surface area (Å²) in [6, 6.07) is 9.99. The minimum absolute atomic E-state index is 0.160. The van der Waals surface area contributed by atoms with Crippen molar-refractivity contribution >= 4 is 17.8 Å². The zero-order valence-corrected chi connectivity index (χ0v) is 16.5. The fourth-order valence-corrected chi connectivity index (χ4v) is 2.76. The molecule has 0 spiro atoms. The zero-order chi connectivity index (χ0) is 20.7. The van der Waals surface area contributed by atoms with Gasteiger partial charge in [-0.05, 0) is 43.5 Å². The first-order chi connectivity index (χ1) is 13.3. The first-order valence-electron chi connectivity index (χ1n) is 9.12. The van der Waals surface area contributed by atoms with Gasteiger partial charge < -0.3 is 19.8 Å². The Morgan fingerprint density at radius 1 is 1.04 bits per heavy atom. The van der Waals surface area contributed by atoms with Gasteiger partial charge in [0.2, 0.25) is 0 Å². The van der Waals surface area contributed by atoms with Gasteiger partial charge in [-0.1, -0.05) is 32.0 Å². The second-order valence-corrected chi connectivity index (χ2v) is 6.93. The normalized spacial score (nSPS) is 12.9. The highest BCUT2D eigenvalue weighted by Crippen LogP contribution is 2.18. The highest BCUT2D eigenvalue weighted by molar-refractivity contribution is 5.98. The Labute approximate surface area is 164 Å². The average molecular weight is 386 g/mol. The number of methoxy groups -OCH3 is 1. The fourth-order valence-electron chi connectivity index (χ4n) is 2.76. The second kappa shape index (κ2) is 9.73. The van der Waals surface area contributed by atoms with Crippen molar-refractivity contribution in [3.8, 4) is 0 Å². The van der Waals surface area contributed by atoms with Crippen molar-refractivity contribution in [3.05, 3.63) is 59.5 Å². The average Bonchev–Trinajstić information content (AvgIpc) is 3.10. The van der Waals surface area contributed by atoms with Gasteiger partial charge in [0, 0.05) is 5.56 Å². The van der Waals surface area contributed by atoms with Crippen molar-refractivity contribution in [1.29, 1.82) is 0 Å². The van der Waals surface area contributed by atoms with Crippen LogP contribution in [0.25, 0.3) is 0 Å². The van der Waals surface area contributed by atoms with Crippen LogP contribution in [0.5, 0.6) is 0 Å². The summed E-state index contributed by atoms with van der Waals surface area (Å²) in [5.74, 6) is -0.456. The monoisotopic (exact) mass is 386 g/mol. The molecule has 1 unspecified atom stereocenters. The van der Waals surface area contributed by atoms with Gasteiger partial charge in [0.1, 0.15) is 17.6 Å². The van der Waals surface area contributed by atoms with Gasteiger partial charge in [0.15, 0.2) is 6.04 Å². The number of carbonyl (C=O) groups is 3. The van der Waals surface area contributed by atoms with Crippen LogP contribution in [0.1, 0.15) is 48.2 Å².